The lowest BCUT2D eigenvalue weighted by Gasteiger charge is -2.09. The van der Waals surface area contributed by atoms with Gasteiger partial charge in [-0.2, -0.15) is 0 Å². The number of benzene rings is 2. The average molecular weight is 363 g/mol. The van der Waals surface area contributed by atoms with Crippen molar-refractivity contribution in [3.63, 3.8) is 0 Å². The van der Waals surface area contributed by atoms with Crippen LogP contribution >= 0.6 is 0 Å². The second kappa shape index (κ2) is 8.94. The Balaban J connectivity index is 1.48. The fourth-order valence-corrected chi connectivity index (χ4v) is 2.81. The molecule has 1 aromatic heterocycles. The molecule has 0 spiro atoms. The first-order valence-electron chi connectivity index (χ1n) is 8.89. The Kier molecular flexibility index (Phi) is 6.15. The number of halogens is 1. The molecule has 0 saturated carbocycles. The molecule has 0 aliphatic heterocycles. The van der Waals surface area contributed by atoms with E-state index in [1.165, 1.54) is 6.07 Å². The molecular formula is C22H22FN3O. The van der Waals surface area contributed by atoms with Gasteiger partial charge in [0.15, 0.2) is 0 Å². The van der Waals surface area contributed by atoms with Crippen LogP contribution in [0.3, 0.4) is 0 Å². The molecule has 2 N–H and O–H groups in total. The van der Waals surface area contributed by atoms with Crippen molar-refractivity contribution in [3.05, 3.63) is 89.4 Å². The van der Waals surface area contributed by atoms with E-state index in [1.807, 2.05) is 37.3 Å². The summed E-state index contributed by atoms with van der Waals surface area (Å²) in [4.78, 5) is 16.4. The first kappa shape index (κ1) is 18.6. The molecule has 0 radical (unpaired) electrons. The fourth-order valence-electron chi connectivity index (χ4n) is 2.81. The van der Waals surface area contributed by atoms with E-state index in [0.29, 0.717) is 36.5 Å². The molecule has 0 fully saturated rings. The van der Waals surface area contributed by atoms with E-state index in [1.54, 1.807) is 30.5 Å². The summed E-state index contributed by atoms with van der Waals surface area (Å²) in [5.41, 5.74) is 3.43. The first-order valence-corrected chi connectivity index (χ1v) is 8.89. The van der Waals surface area contributed by atoms with Crippen LogP contribution in [-0.2, 0) is 17.6 Å². The summed E-state index contributed by atoms with van der Waals surface area (Å²) in [6, 6.07) is 18.2. The minimum absolute atomic E-state index is 0.0809. The van der Waals surface area contributed by atoms with Gasteiger partial charge in [0.2, 0.25) is 5.91 Å². The third-order valence-electron chi connectivity index (χ3n) is 4.15. The van der Waals surface area contributed by atoms with Gasteiger partial charge >= 0.3 is 0 Å². The number of carbonyl (C=O) groups excluding carboxylic acids is 1. The SMILES string of the molecule is Cc1cccc(CC(=O)Nc2ccc(NCCc3ccccc3F)nc2)c1. The van der Waals surface area contributed by atoms with Gasteiger partial charge < -0.3 is 10.6 Å². The Bertz CT molecular complexity index is 909. The molecule has 138 valence electrons. The van der Waals surface area contributed by atoms with Crippen LogP contribution in [0.5, 0.6) is 0 Å². The fraction of sp³-hybridized carbons (Fsp3) is 0.182. The van der Waals surface area contributed by atoms with Crippen LogP contribution in [-0.4, -0.2) is 17.4 Å². The summed E-state index contributed by atoms with van der Waals surface area (Å²) >= 11 is 0. The maximum Gasteiger partial charge on any atom is 0.228 e. The van der Waals surface area contributed by atoms with Gasteiger partial charge in [0, 0.05) is 6.54 Å². The van der Waals surface area contributed by atoms with Crippen molar-refractivity contribution in [2.24, 2.45) is 0 Å². The highest BCUT2D eigenvalue weighted by Gasteiger charge is 2.05. The van der Waals surface area contributed by atoms with Crippen molar-refractivity contribution in [2.45, 2.75) is 19.8 Å². The van der Waals surface area contributed by atoms with Gasteiger partial charge in [-0.1, -0.05) is 48.0 Å². The minimum atomic E-state index is -0.195. The van der Waals surface area contributed by atoms with Crippen LogP contribution < -0.4 is 10.6 Å². The summed E-state index contributed by atoms with van der Waals surface area (Å²) in [6.45, 7) is 2.58. The lowest BCUT2D eigenvalue weighted by molar-refractivity contribution is -0.115. The molecule has 0 aliphatic carbocycles. The molecule has 0 aliphatic rings. The van der Waals surface area contributed by atoms with Crippen molar-refractivity contribution >= 4 is 17.4 Å². The minimum Gasteiger partial charge on any atom is -0.370 e. The van der Waals surface area contributed by atoms with Gasteiger partial charge in [0.1, 0.15) is 11.6 Å². The molecule has 4 nitrogen and oxygen atoms in total. The standard InChI is InChI=1S/C22H22FN3O/c1-16-5-4-6-17(13-16)14-22(27)26-19-9-10-21(25-15-19)24-12-11-18-7-2-3-8-20(18)23/h2-10,13,15H,11-12,14H2,1H3,(H,24,25)(H,26,27). The highest BCUT2D eigenvalue weighted by molar-refractivity contribution is 5.92. The van der Waals surface area contributed by atoms with Crippen LogP contribution in [0.1, 0.15) is 16.7 Å². The molecule has 1 heterocycles. The predicted octanol–water partition coefficient (Wildman–Crippen LogP) is 4.36. The molecular weight excluding hydrogens is 341 g/mol. The Morgan fingerprint density at radius 1 is 1.07 bits per heavy atom. The van der Waals surface area contributed by atoms with Gasteiger partial charge in [0.05, 0.1) is 18.3 Å². The summed E-state index contributed by atoms with van der Waals surface area (Å²) < 4.78 is 13.6. The highest BCUT2D eigenvalue weighted by Crippen LogP contribution is 2.12. The topological polar surface area (TPSA) is 54.0 Å². The second-order valence-electron chi connectivity index (χ2n) is 6.41. The molecule has 0 atom stereocenters. The molecule has 0 bridgehead atoms. The van der Waals surface area contributed by atoms with Crippen LogP contribution in [0.4, 0.5) is 15.9 Å². The van der Waals surface area contributed by atoms with Crippen molar-refractivity contribution < 1.29 is 9.18 Å². The normalized spacial score (nSPS) is 10.4. The summed E-state index contributed by atoms with van der Waals surface area (Å²) in [7, 11) is 0. The lowest BCUT2D eigenvalue weighted by atomic mass is 10.1. The second-order valence-corrected chi connectivity index (χ2v) is 6.41. The summed E-state index contributed by atoms with van der Waals surface area (Å²) in [5, 5.41) is 6.00. The zero-order valence-electron chi connectivity index (χ0n) is 15.2. The zero-order valence-corrected chi connectivity index (χ0v) is 15.2. The number of pyridine rings is 1. The third kappa shape index (κ3) is 5.64. The van der Waals surface area contributed by atoms with Gasteiger partial charge in [-0.3, -0.25) is 4.79 Å². The number of hydrogen-bond acceptors (Lipinski definition) is 3. The lowest BCUT2D eigenvalue weighted by Crippen LogP contribution is -2.15. The Hall–Kier alpha value is -3.21. The number of nitrogens with one attached hydrogen (secondary N) is 2. The smallest absolute Gasteiger partial charge is 0.228 e. The number of aromatic nitrogens is 1. The average Bonchev–Trinajstić information content (AvgIpc) is 2.65. The number of carbonyl (C=O) groups is 1. The largest absolute Gasteiger partial charge is 0.370 e. The number of amides is 1. The third-order valence-corrected chi connectivity index (χ3v) is 4.15. The van der Waals surface area contributed by atoms with E-state index >= 15 is 0 Å². The highest BCUT2D eigenvalue weighted by atomic mass is 19.1. The van der Waals surface area contributed by atoms with E-state index in [-0.39, 0.29) is 11.7 Å². The van der Waals surface area contributed by atoms with Crippen molar-refractivity contribution in [1.82, 2.24) is 4.98 Å². The number of anilines is 2. The molecule has 5 heteroatoms. The Morgan fingerprint density at radius 2 is 1.93 bits per heavy atom. The first-order chi connectivity index (χ1) is 13.1. The van der Waals surface area contributed by atoms with E-state index in [0.717, 1.165) is 11.1 Å². The number of rotatable bonds is 7. The van der Waals surface area contributed by atoms with Crippen molar-refractivity contribution in [3.8, 4) is 0 Å². The zero-order chi connectivity index (χ0) is 19.1. The van der Waals surface area contributed by atoms with E-state index < -0.39 is 0 Å². The molecule has 2 aromatic carbocycles. The molecule has 0 saturated heterocycles. The summed E-state index contributed by atoms with van der Waals surface area (Å²) in [6.07, 6.45) is 2.51. The van der Waals surface area contributed by atoms with Gasteiger partial charge in [-0.15, -0.1) is 0 Å². The van der Waals surface area contributed by atoms with E-state index in [9.17, 15) is 9.18 Å². The number of hydrogen-bond donors (Lipinski definition) is 2. The maximum absolute atomic E-state index is 13.6. The number of nitrogens with zero attached hydrogens (tertiary/aromatic N) is 1. The summed E-state index contributed by atoms with van der Waals surface area (Å²) in [5.74, 6) is 0.407. The predicted molar refractivity (Wildman–Crippen MR) is 106 cm³/mol. The number of aryl methyl sites for hydroxylation is 1. The molecule has 1 amide bonds. The van der Waals surface area contributed by atoms with Crippen LogP contribution in [0.25, 0.3) is 0 Å². The van der Waals surface area contributed by atoms with Gasteiger partial charge in [-0.25, -0.2) is 9.37 Å². The maximum atomic E-state index is 13.6. The molecule has 0 unspecified atom stereocenters. The Labute approximate surface area is 158 Å². The van der Waals surface area contributed by atoms with Crippen LogP contribution in [0.15, 0.2) is 66.9 Å². The van der Waals surface area contributed by atoms with Crippen LogP contribution in [0.2, 0.25) is 0 Å². The van der Waals surface area contributed by atoms with Crippen molar-refractivity contribution in [2.75, 3.05) is 17.2 Å². The van der Waals surface area contributed by atoms with Crippen molar-refractivity contribution in [1.29, 1.82) is 0 Å². The molecule has 27 heavy (non-hydrogen) atoms. The van der Waals surface area contributed by atoms with E-state index in [4.69, 9.17) is 0 Å². The Morgan fingerprint density at radius 3 is 2.67 bits per heavy atom. The quantitative estimate of drug-likeness (QED) is 0.656. The monoisotopic (exact) mass is 363 g/mol. The van der Waals surface area contributed by atoms with Gasteiger partial charge in [-0.05, 0) is 42.7 Å². The molecule has 3 aromatic rings. The molecule has 3 rings (SSSR count). The van der Waals surface area contributed by atoms with Gasteiger partial charge in [0.25, 0.3) is 0 Å². The van der Waals surface area contributed by atoms with E-state index in [2.05, 4.69) is 15.6 Å². The van der Waals surface area contributed by atoms with Crippen LogP contribution in [0, 0.1) is 12.7 Å².